The SMILES string of the molecule is CC1CCC(c2ccc(B3OCC(C)CO3)cc2)CC1. The molecule has 0 N–H and O–H groups in total. The maximum atomic E-state index is 5.75. The Balaban J connectivity index is 1.62. The Bertz CT molecular complexity index is 374. The summed E-state index contributed by atoms with van der Waals surface area (Å²) in [5, 5.41) is 0. The molecule has 2 nitrogen and oxygen atoms in total. The molecule has 0 spiro atoms. The lowest BCUT2D eigenvalue weighted by Gasteiger charge is -2.27. The average Bonchev–Trinajstić information content (AvgIpc) is 2.49. The van der Waals surface area contributed by atoms with Gasteiger partial charge in [-0.25, -0.2) is 0 Å². The third kappa shape index (κ3) is 3.26. The minimum atomic E-state index is -0.161. The highest BCUT2D eigenvalue weighted by Gasteiger charge is 2.27. The van der Waals surface area contributed by atoms with Gasteiger partial charge in [-0.1, -0.05) is 51.0 Å². The monoisotopic (exact) mass is 272 g/mol. The van der Waals surface area contributed by atoms with Crippen molar-refractivity contribution in [2.24, 2.45) is 11.8 Å². The Kier molecular flexibility index (Phi) is 4.47. The lowest BCUT2D eigenvalue weighted by atomic mass is 9.75. The standard InChI is InChI=1S/C17H25BO2/c1-13-3-5-15(6-4-13)16-7-9-17(10-8-16)18-19-11-14(2)12-20-18/h7-10,13-15H,3-6,11-12H2,1-2H3. The fourth-order valence-electron chi connectivity index (χ4n) is 3.31. The molecule has 1 aromatic carbocycles. The zero-order chi connectivity index (χ0) is 13.9. The predicted molar refractivity (Wildman–Crippen MR) is 83.3 cm³/mol. The first-order valence-corrected chi connectivity index (χ1v) is 8.05. The molecular weight excluding hydrogens is 247 g/mol. The van der Waals surface area contributed by atoms with Crippen molar-refractivity contribution in [2.75, 3.05) is 13.2 Å². The Morgan fingerprint density at radius 3 is 2.05 bits per heavy atom. The number of hydrogen-bond acceptors (Lipinski definition) is 2. The van der Waals surface area contributed by atoms with Gasteiger partial charge in [-0.15, -0.1) is 0 Å². The zero-order valence-electron chi connectivity index (χ0n) is 12.7. The summed E-state index contributed by atoms with van der Waals surface area (Å²) in [5.41, 5.74) is 2.65. The molecule has 1 saturated carbocycles. The van der Waals surface area contributed by atoms with E-state index in [2.05, 4.69) is 38.1 Å². The van der Waals surface area contributed by atoms with Crippen molar-refractivity contribution >= 4 is 12.6 Å². The molecule has 0 bridgehead atoms. The van der Waals surface area contributed by atoms with Crippen LogP contribution in [0.15, 0.2) is 24.3 Å². The van der Waals surface area contributed by atoms with Crippen molar-refractivity contribution in [1.82, 2.24) is 0 Å². The van der Waals surface area contributed by atoms with Crippen LogP contribution in [0.2, 0.25) is 0 Å². The summed E-state index contributed by atoms with van der Waals surface area (Å²) in [6.45, 7) is 6.13. The lowest BCUT2D eigenvalue weighted by Crippen LogP contribution is -2.43. The van der Waals surface area contributed by atoms with Crippen molar-refractivity contribution < 1.29 is 9.31 Å². The molecule has 108 valence electrons. The number of benzene rings is 1. The van der Waals surface area contributed by atoms with Crippen molar-refractivity contribution in [1.29, 1.82) is 0 Å². The van der Waals surface area contributed by atoms with Gasteiger partial charge in [-0.05, 0) is 41.6 Å². The van der Waals surface area contributed by atoms with Crippen molar-refractivity contribution in [3.8, 4) is 0 Å². The van der Waals surface area contributed by atoms with Gasteiger partial charge in [-0.2, -0.15) is 0 Å². The van der Waals surface area contributed by atoms with Crippen LogP contribution in [0.4, 0.5) is 0 Å². The molecule has 0 atom stereocenters. The molecule has 2 fully saturated rings. The molecule has 1 aromatic rings. The van der Waals surface area contributed by atoms with Gasteiger partial charge in [0, 0.05) is 13.2 Å². The van der Waals surface area contributed by atoms with Gasteiger partial charge in [0.25, 0.3) is 0 Å². The van der Waals surface area contributed by atoms with Gasteiger partial charge < -0.3 is 9.31 Å². The van der Waals surface area contributed by atoms with Crippen LogP contribution in [-0.2, 0) is 9.31 Å². The van der Waals surface area contributed by atoms with Gasteiger partial charge in [0.05, 0.1) is 0 Å². The van der Waals surface area contributed by atoms with E-state index in [9.17, 15) is 0 Å². The van der Waals surface area contributed by atoms with E-state index in [1.807, 2.05) is 0 Å². The number of rotatable bonds is 2. The molecule has 3 heteroatoms. The summed E-state index contributed by atoms with van der Waals surface area (Å²) in [4.78, 5) is 0. The van der Waals surface area contributed by atoms with E-state index in [-0.39, 0.29) is 7.12 Å². The molecule has 0 amide bonds. The third-order valence-electron chi connectivity index (χ3n) is 4.76. The lowest BCUT2D eigenvalue weighted by molar-refractivity contribution is 0.0958. The van der Waals surface area contributed by atoms with E-state index in [1.165, 1.54) is 31.2 Å². The molecule has 1 aliphatic carbocycles. The molecule has 1 heterocycles. The first kappa shape index (κ1) is 14.2. The summed E-state index contributed by atoms with van der Waals surface area (Å²) >= 11 is 0. The van der Waals surface area contributed by atoms with Gasteiger partial charge in [0.15, 0.2) is 0 Å². The Morgan fingerprint density at radius 1 is 0.850 bits per heavy atom. The quantitative estimate of drug-likeness (QED) is 0.768. The predicted octanol–water partition coefficient (Wildman–Crippen LogP) is 3.36. The highest BCUT2D eigenvalue weighted by molar-refractivity contribution is 6.61. The minimum absolute atomic E-state index is 0.161. The van der Waals surface area contributed by atoms with Crippen LogP contribution in [-0.4, -0.2) is 20.3 Å². The highest BCUT2D eigenvalue weighted by Crippen LogP contribution is 2.35. The zero-order valence-corrected chi connectivity index (χ0v) is 12.7. The van der Waals surface area contributed by atoms with Crippen LogP contribution >= 0.6 is 0 Å². The molecule has 20 heavy (non-hydrogen) atoms. The normalized spacial score (nSPS) is 28.6. The summed E-state index contributed by atoms with van der Waals surface area (Å²) in [6, 6.07) is 8.93. The summed E-state index contributed by atoms with van der Waals surface area (Å²) in [5.74, 6) is 2.18. The van der Waals surface area contributed by atoms with Gasteiger partial charge in [-0.3, -0.25) is 0 Å². The Labute approximate surface area is 123 Å². The fourth-order valence-corrected chi connectivity index (χ4v) is 3.31. The second-order valence-corrected chi connectivity index (χ2v) is 6.73. The maximum Gasteiger partial charge on any atom is 0.493 e. The molecule has 2 aliphatic rings. The molecule has 1 aliphatic heterocycles. The fraction of sp³-hybridized carbons (Fsp3) is 0.647. The van der Waals surface area contributed by atoms with E-state index in [4.69, 9.17) is 9.31 Å². The van der Waals surface area contributed by atoms with Gasteiger partial charge in [0.1, 0.15) is 0 Å². The van der Waals surface area contributed by atoms with E-state index in [0.29, 0.717) is 5.92 Å². The van der Waals surface area contributed by atoms with Gasteiger partial charge >= 0.3 is 7.12 Å². The van der Waals surface area contributed by atoms with Crippen LogP contribution in [0, 0.1) is 11.8 Å². The molecule has 0 aromatic heterocycles. The first-order valence-electron chi connectivity index (χ1n) is 8.05. The van der Waals surface area contributed by atoms with Crippen LogP contribution in [0.25, 0.3) is 0 Å². The van der Waals surface area contributed by atoms with Crippen molar-refractivity contribution in [3.05, 3.63) is 29.8 Å². The van der Waals surface area contributed by atoms with Crippen molar-refractivity contribution in [2.45, 2.75) is 45.4 Å². The largest absolute Gasteiger partial charge is 0.493 e. The van der Waals surface area contributed by atoms with Crippen molar-refractivity contribution in [3.63, 3.8) is 0 Å². The molecule has 0 unspecified atom stereocenters. The summed E-state index contributed by atoms with van der Waals surface area (Å²) in [6.07, 6.45) is 5.43. The van der Waals surface area contributed by atoms with E-state index in [1.54, 1.807) is 0 Å². The van der Waals surface area contributed by atoms with Crippen LogP contribution in [0.5, 0.6) is 0 Å². The first-order chi connectivity index (χ1) is 9.72. The minimum Gasteiger partial charge on any atom is -0.407 e. The molecule has 1 saturated heterocycles. The maximum absolute atomic E-state index is 5.75. The number of hydrogen-bond donors (Lipinski definition) is 0. The average molecular weight is 272 g/mol. The van der Waals surface area contributed by atoms with E-state index in [0.717, 1.165) is 30.5 Å². The van der Waals surface area contributed by atoms with Gasteiger partial charge in [0.2, 0.25) is 0 Å². The second kappa shape index (κ2) is 6.32. The highest BCUT2D eigenvalue weighted by atomic mass is 16.6. The van der Waals surface area contributed by atoms with E-state index < -0.39 is 0 Å². The topological polar surface area (TPSA) is 18.5 Å². The Hall–Kier alpha value is -0.795. The van der Waals surface area contributed by atoms with Crippen LogP contribution in [0.1, 0.15) is 51.0 Å². The van der Waals surface area contributed by atoms with E-state index >= 15 is 0 Å². The molecule has 0 radical (unpaired) electrons. The summed E-state index contributed by atoms with van der Waals surface area (Å²) < 4.78 is 11.5. The smallest absolute Gasteiger partial charge is 0.407 e. The van der Waals surface area contributed by atoms with Crippen LogP contribution in [0.3, 0.4) is 0 Å². The summed E-state index contributed by atoms with van der Waals surface area (Å²) in [7, 11) is -0.161. The molecule has 3 rings (SSSR count). The Morgan fingerprint density at radius 2 is 1.45 bits per heavy atom. The second-order valence-electron chi connectivity index (χ2n) is 6.73. The third-order valence-corrected chi connectivity index (χ3v) is 4.76. The van der Waals surface area contributed by atoms with Crippen LogP contribution < -0.4 is 5.46 Å². The molecular formula is C17H25BO2.